The smallest absolute Gasteiger partial charge is 0.264 e. The normalized spacial score (nSPS) is 12.0. The Kier molecular flexibility index (Phi) is 11.4. The van der Waals surface area contributed by atoms with Gasteiger partial charge in [0.25, 0.3) is 10.0 Å². The van der Waals surface area contributed by atoms with E-state index in [1.165, 1.54) is 35.2 Å². The second-order valence-electron chi connectivity index (χ2n) is 9.49. The number of hydrogen-bond acceptors (Lipinski definition) is 4. The number of nitrogens with one attached hydrogen (secondary N) is 1. The predicted molar refractivity (Wildman–Crippen MR) is 161 cm³/mol. The molecule has 0 heterocycles. The highest BCUT2D eigenvalue weighted by atomic mass is 35.5. The van der Waals surface area contributed by atoms with Gasteiger partial charge in [-0.1, -0.05) is 85.1 Å². The Morgan fingerprint density at radius 2 is 1.55 bits per heavy atom. The molecule has 3 aromatic rings. The molecule has 0 aliphatic heterocycles. The SMILES string of the molecule is CCCNC(=O)[C@@H](CC)N(CCc1ccccc1)C(=O)CN(c1cc(Cl)cc(Cl)c1)S(=O)(=O)c1ccc(C)cc1. The van der Waals surface area contributed by atoms with Gasteiger partial charge in [-0.2, -0.15) is 0 Å². The lowest BCUT2D eigenvalue weighted by atomic mass is 10.1. The fourth-order valence-corrected chi connectivity index (χ4v) is 6.22. The summed E-state index contributed by atoms with van der Waals surface area (Å²) in [6, 6.07) is 19.6. The molecule has 0 saturated carbocycles. The van der Waals surface area contributed by atoms with Gasteiger partial charge in [-0.15, -0.1) is 0 Å². The first kappa shape index (κ1) is 31.5. The van der Waals surface area contributed by atoms with Crippen molar-refractivity contribution in [1.29, 1.82) is 0 Å². The minimum atomic E-state index is -4.20. The summed E-state index contributed by atoms with van der Waals surface area (Å²) in [5, 5.41) is 3.33. The van der Waals surface area contributed by atoms with E-state index in [4.69, 9.17) is 23.2 Å². The van der Waals surface area contributed by atoms with E-state index in [2.05, 4.69) is 5.32 Å². The van der Waals surface area contributed by atoms with Crippen LogP contribution in [0.1, 0.15) is 37.8 Å². The van der Waals surface area contributed by atoms with Crippen molar-refractivity contribution in [1.82, 2.24) is 10.2 Å². The molecule has 40 heavy (non-hydrogen) atoms. The average molecular weight is 605 g/mol. The molecule has 0 spiro atoms. The molecule has 0 bridgehead atoms. The molecule has 0 unspecified atom stereocenters. The third kappa shape index (κ3) is 8.22. The van der Waals surface area contributed by atoms with Crippen LogP contribution in [-0.4, -0.2) is 50.8 Å². The monoisotopic (exact) mass is 603 g/mol. The Balaban J connectivity index is 2.03. The van der Waals surface area contributed by atoms with Crippen LogP contribution in [0.15, 0.2) is 77.7 Å². The molecule has 0 radical (unpaired) electrons. The Bertz CT molecular complexity index is 1380. The molecule has 214 valence electrons. The summed E-state index contributed by atoms with van der Waals surface area (Å²) in [5.74, 6) is -0.786. The Labute approximate surface area is 247 Å². The van der Waals surface area contributed by atoms with Gasteiger partial charge in [0, 0.05) is 23.1 Å². The van der Waals surface area contributed by atoms with Crippen molar-refractivity contribution in [3.63, 3.8) is 0 Å². The van der Waals surface area contributed by atoms with Crippen LogP contribution in [-0.2, 0) is 26.0 Å². The van der Waals surface area contributed by atoms with Crippen LogP contribution in [0.2, 0.25) is 10.0 Å². The molecule has 0 aliphatic rings. The molecule has 0 aromatic heterocycles. The summed E-state index contributed by atoms with van der Waals surface area (Å²) in [4.78, 5) is 28.6. The number of rotatable bonds is 13. The molecule has 7 nitrogen and oxygen atoms in total. The zero-order valence-electron chi connectivity index (χ0n) is 22.9. The summed E-state index contributed by atoms with van der Waals surface area (Å²) in [7, 11) is -4.20. The number of aryl methyl sites for hydroxylation is 1. The molecule has 0 saturated heterocycles. The van der Waals surface area contributed by atoms with Gasteiger partial charge < -0.3 is 10.2 Å². The number of anilines is 1. The lowest BCUT2D eigenvalue weighted by molar-refractivity contribution is -0.139. The maximum absolute atomic E-state index is 14.0. The predicted octanol–water partition coefficient (Wildman–Crippen LogP) is 5.87. The molecular formula is C30H35Cl2N3O4S. The van der Waals surface area contributed by atoms with Crippen LogP contribution in [0.4, 0.5) is 5.69 Å². The summed E-state index contributed by atoms with van der Waals surface area (Å²) < 4.78 is 28.8. The number of halogens is 2. The largest absolute Gasteiger partial charge is 0.354 e. The number of hydrogen-bond donors (Lipinski definition) is 1. The molecule has 3 aromatic carbocycles. The number of carbonyl (C=O) groups is 2. The zero-order chi connectivity index (χ0) is 29.3. The molecule has 2 amide bonds. The van der Waals surface area contributed by atoms with Crippen molar-refractivity contribution < 1.29 is 18.0 Å². The van der Waals surface area contributed by atoms with Crippen LogP contribution >= 0.6 is 23.2 Å². The average Bonchev–Trinajstić information content (AvgIpc) is 2.92. The fraction of sp³-hybridized carbons (Fsp3) is 0.333. The van der Waals surface area contributed by atoms with Crippen LogP contribution < -0.4 is 9.62 Å². The number of benzene rings is 3. The van der Waals surface area contributed by atoms with Crippen molar-refractivity contribution in [2.45, 2.75) is 51.0 Å². The second kappa shape index (κ2) is 14.5. The van der Waals surface area contributed by atoms with E-state index >= 15 is 0 Å². The minimum Gasteiger partial charge on any atom is -0.354 e. The maximum atomic E-state index is 14.0. The van der Waals surface area contributed by atoms with E-state index in [9.17, 15) is 18.0 Å². The second-order valence-corrected chi connectivity index (χ2v) is 12.2. The molecule has 0 aliphatic carbocycles. The number of amides is 2. The van der Waals surface area contributed by atoms with Crippen molar-refractivity contribution in [3.8, 4) is 0 Å². The third-order valence-corrected chi connectivity index (χ3v) is 8.67. The first-order valence-electron chi connectivity index (χ1n) is 13.2. The van der Waals surface area contributed by atoms with Crippen LogP contribution in [0, 0.1) is 6.92 Å². The summed E-state index contributed by atoms with van der Waals surface area (Å²) in [6.07, 6.45) is 1.61. The molecule has 0 fully saturated rings. The summed E-state index contributed by atoms with van der Waals surface area (Å²) in [5.41, 5.74) is 2.04. The first-order chi connectivity index (χ1) is 19.1. The summed E-state index contributed by atoms with van der Waals surface area (Å²) >= 11 is 12.5. The standard InChI is InChI=1S/C30H35Cl2N3O4S/c1-4-16-33-30(37)28(5-2)34(17-15-23-9-7-6-8-10-23)29(36)21-35(26-19-24(31)18-25(32)20-26)40(38,39)27-13-11-22(3)12-14-27/h6-14,18-20,28H,4-5,15-17,21H2,1-3H3,(H,33,37)/t28-/m1/s1. The molecule has 10 heteroatoms. The summed E-state index contributed by atoms with van der Waals surface area (Å²) in [6.45, 7) is 5.80. The molecular weight excluding hydrogens is 569 g/mol. The van der Waals surface area contributed by atoms with Gasteiger partial charge >= 0.3 is 0 Å². The van der Waals surface area contributed by atoms with Crippen molar-refractivity contribution in [2.24, 2.45) is 0 Å². The topological polar surface area (TPSA) is 86.8 Å². The highest BCUT2D eigenvalue weighted by Gasteiger charge is 2.33. The Morgan fingerprint density at radius 1 is 0.925 bits per heavy atom. The van der Waals surface area contributed by atoms with E-state index < -0.39 is 28.5 Å². The highest BCUT2D eigenvalue weighted by molar-refractivity contribution is 7.92. The van der Waals surface area contributed by atoms with E-state index in [1.807, 2.05) is 51.1 Å². The Morgan fingerprint density at radius 3 is 2.12 bits per heavy atom. The van der Waals surface area contributed by atoms with Crippen LogP contribution in [0.25, 0.3) is 0 Å². The zero-order valence-corrected chi connectivity index (χ0v) is 25.3. The first-order valence-corrected chi connectivity index (χ1v) is 15.4. The number of nitrogens with zero attached hydrogens (tertiary/aromatic N) is 2. The minimum absolute atomic E-state index is 0.0190. The Hall–Kier alpha value is -3.07. The van der Waals surface area contributed by atoms with Crippen LogP contribution in [0.3, 0.4) is 0 Å². The van der Waals surface area contributed by atoms with E-state index in [0.29, 0.717) is 19.4 Å². The van der Waals surface area contributed by atoms with E-state index in [-0.39, 0.29) is 33.1 Å². The van der Waals surface area contributed by atoms with Gasteiger partial charge in [-0.05, 0) is 62.1 Å². The lowest BCUT2D eigenvalue weighted by Gasteiger charge is -2.33. The van der Waals surface area contributed by atoms with Gasteiger partial charge in [-0.3, -0.25) is 13.9 Å². The van der Waals surface area contributed by atoms with E-state index in [1.54, 1.807) is 12.1 Å². The van der Waals surface area contributed by atoms with Crippen molar-refractivity contribution in [3.05, 3.63) is 94.0 Å². The van der Waals surface area contributed by atoms with E-state index in [0.717, 1.165) is 21.9 Å². The fourth-order valence-electron chi connectivity index (χ4n) is 4.31. The van der Waals surface area contributed by atoms with Crippen molar-refractivity contribution >= 4 is 50.7 Å². The molecule has 1 N–H and O–H groups in total. The maximum Gasteiger partial charge on any atom is 0.264 e. The number of carbonyl (C=O) groups excluding carboxylic acids is 2. The van der Waals surface area contributed by atoms with Gasteiger partial charge in [-0.25, -0.2) is 8.42 Å². The third-order valence-electron chi connectivity index (χ3n) is 6.44. The lowest BCUT2D eigenvalue weighted by Crippen LogP contribution is -2.53. The highest BCUT2D eigenvalue weighted by Crippen LogP contribution is 2.30. The van der Waals surface area contributed by atoms with Gasteiger partial charge in [0.2, 0.25) is 11.8 Å². The van der Waals surface area contributed by atoms with Crippen LogP contribution in [0.5, 0.6) is 0 Å². The molecule has 1 atom stereocenters. The number of sulfonamides is 1. The van der Waals surface area contributed by atoms with Gasteiger partial charge in [0.1, 0.15) is 12.6 Å². The quantitative estimate of drug-likeness (QED) is 0.264. The molecule has 3 rings (SSSR count). The van der Waals surface area contributed by atoms with Gasteiger partial charge in [0.05, 0.1) is 10.6 Å². The van der Waals surface area contributed by atoms with Crippen molar-refractivity contribution in [2.75, 3.05) is 23.9 Å². The van der Waals surface area contributed by atoms with Gasteiger partial charge in [0.15, 0.2) is 0 Å².